The third kappa shape index (κ3) is 4.22. The molecule has 0 fully saturated rings. The molecular formula is C20H28O2. The number of rotatable bonds is 7. The lowest BCUT2D eigenvalue weighted by Crippen LogP contribution is -2.09. The van der Waals surface area contributed by atoms with Crippen LogP contribution in [0.1, 0.15) is 58.9 Å². The largest absolute Gasteiger partial charge is 0.472 e. The molecule has 0 spiro atoms. The quantitative estimate of drug-likeness (QED) is 0.622. The highest BCUT2D eigenvalue weighted by molar-refractivity contribution is 5.98. The van der Waals surface area contributed by atoms with Crippen LogP contribution in [0.25, 0.3) is 0 Å². The van der Waals surface area contributed by atoms with Crippen LogP contribution in [-0.2, 0) is 11.2 Å². The Balaban J connectivity index is 1.86. The lowest BCUT2D eigenvalue weighted by Gasteiger charge is -2.18. The Morgan fingerprint density at radius 2 is 2.18 bits per heavy atom. The zero-order valence-electron chi connectivity index (χ0n) is 14.3. The summed E-state index contributed by atoms with van der Waals surface area (Å²) in [7, 11) is 0. The first kappa shape index (κ1) is 16.8. The van der Waals surface area contributed by atoms with E-state index >= 15 is 0 Å². The van der Waals surface area contributed by atoms with Crippen molar-refractivity contribution < 1.29 is 9.21 Å². The van der Waals surface area contributed by atoms with Crippen LogP contribution >= 0.6 is 0 Å². The summed E-state index contributed by atoms with van der Waals surface area (Å²) < 4.78 is 5.08. The first-order valence-corrected chi connectivity index (χ1v) is 8.38. The Morgan fingerprint density at radius 3 is 2.82 bits per heavy atom. The summed E-state index contributed by atoms with van der Waals surface area (Å²) in [6, 6.07) is 2.02. The molecular weight excluding hydrogens is 272 g/mol. The number of carbonyl (C=O) groups is 1. The number of carbonyl (C=O) groups excluding carboxylic acids is 1. The van der Waals surface area contributed by atoms with Gasteiger partial charge in [0.2, 0.25) is 0 Å². The van der Waals surface area contributed by atoms with Crippen LogP contribution in [-0.4, -0.2) is 5.78 Å². The van der Waals surface area contributed by atoms with E-state index in [1.807, 2.05) is 19.3 Å². The predicted molar refractivity (Wildman–Crippen MR) is 90.7 cm³/mol. The minimum atomic E-state index is 0.357. The first-order chi connectivity index (χ1) is 10.5. The third-order valence-corrected chi connectivity index (χ3v) is 4.85. The van der Waals surface area contributed by atoms with E-state index in [1.54, 1.807) is 6.26 Å². The molecule has 2 rings (SSSR count). The normalized spacial score (nSPS) is 19.6. The van der Waals surface area contributed by atoms with Crippen molar-refractivity contribution >= 4 is 5.78 Å². The minimum absolute atomic E-state index is 0.357. The topological polar surface area (TPSA) is 30.2 Å². The molecule has 0 N–H and O–H groups in total. The molecule has 0 bridgehead atoms. The maximum atomic E-state index is 12.0. The Kier molecular flexibility index (Phi) is 5.82. The van der Waals surface area contributed by atoms with Crippen molar-refractivity contribution in [3.8, 4) is 0 Å². The average Bonchev–Trinajstić information content (AvgIpc) is 3.07. The van der Waals surface area contributed by atoms with E-state index in [4.69, 9.17) is 4.42 Å². The van der Waals surface area contributed by atoms with Crippen molar-refractivity contribution in [3.63, 3.8) is 0 Å². The summed E-state index contributed by atoms with van der Waals surface area (Å²) in [6.45, 7) is 8.67. The van der Waals surface area contributed by atoms with E-state index < -0.39 is 0 Å². The summed E-state index contributed by atoms with van der Waals surface area (Å²) in [5.74, 6) is 1.38. The molecule has 1 aliphatic carbocycles. The zero-order valence-corrected chi connectivity index (χ0v) is 14.3. The van der Waals surface area contributed by atoms with E-state index in [2.05, 4.69) is 26.8 Å². The second kappa shape index (κ2) is 7.62. The molecule has 1 heterocycles. The molecule has 0 radical (unpaired) electrons. The van der Waals surface area contributed by atoms with Crippen molar-refractivity contribution in [2.24, 2.45) is 11.8 Å². The van der Waals surface area contributed by atoms with Crippen molar-refractivity contribution in [1.29, 1.82) is 0 Å². The first-order valence-electron chi connectivity index (χ1n) is 8.38. The zero-order chi connectivity index (χ0) is 16.1. The van der Waals surface area contributed by atoms with Gasteiger partial charge in [0.25, 0.3) is 0 Å². The molecule has 1 aliphatic rings. The maximum absolute atomic E-state index is 12.0. The molecule has 0 amide bonds. The smallest absolute Gasteiger partial charge is 0.159 e. The molecule has 0 aliphatic heterocycles. The average molecular weight is 300 g/mol. The van der Waals surface area contributed by atoms with Gasteiger partial charge in [0.1, 0.15) is 0 Å². The fourth-order valence-electron chi connectivity index (χ4n) is 3.30. The monoisotopic (exact) mass is 300 g/mol. The SMILES string of the molecule is CC(=CCCc1ccoc1)CCC1=C(C)C(=O)C[C@@H]1C(C)C. The molecule has 0 aromatic carbocycles. The van der Waals surface area contributed by atoms with Gasteiger partial charge in [0.15, 0.2) is 5.78 Å². The van der Waals surface area contributed by atoms with Gasteiger partial charge in [-0.25, -0.2) is 0 Å². The number of furan rings is 1. The third-order valence-electron chi connectivity index (χ3n) is 4.85. The molecule has 2 nitrogen and oxygen atoms in total. The second-order valence-corrected chi connectivity index (χ2v) is 6.85. The summed E-state index contributed by atoms with van der Waals surface area (Å²) in [5.41, 5.74) is 5.11. The van der Waals surface area contributed by atoms with Crippen LogP contribution in [0.3, 0.4) is 0 Å². The van der Waals surface area contributed by atoms with Gasteiger partial charge < -0.3 is 4.42 Å². The molecule has 0 saturated heterocycles. The van der Waals surface area contributed by atoms with Crippen molar-refractivity contribution in [2.75, 3.05) is 0 Å². The van der Waals surface area contributed by atoms with Crippen molar-refractivity contribution in [2.45, 2.75) is 59.8 Å². The van der Waals surface area contributed by atoms with E-state index in [1.165, 1.54) is 16.7 Å². The van der Waals surface area contributed by atoms with Gasteiger partial charge in [0, 0.05) is 6.42 Å². The number of aryl methyl sites for hydroxylation is 1. The van der Waals surface area contributed by atoms with E-state index in [0.29, 0.717) is 17.6 Å². The minimum Gasteiger partial charge on any atom is -0.472 e. The Hall–Kier alpha value is -1.57. The summed E-state index contributed by atoms with van der Waals surface area (Å²) in [4.78, 5) is 12.0. The standard InChI is InChI=1S/C20H28O2/c1-14(2)19-12-20(21)16(4)18(19)9-8-15(3)6-5-7-17-10-11-22-13-17/h6,10-11,13-14,19H,5,7-9,12H2,1-4H3/t19-/m1/s1. The highest BCUT2D eigenvalue weighted by atomic mass is 16.3. The summed E-state index contributed by atoms with van der Waals surface area (Å²) in [5, 5.41) is 0. The number of hydrogen-bond donors (Lipinski definition) is 0. The van der Waals surface area contributed by atoms with E-state index in [-0.39, 0.29) is 0 Å². The van der Waals surface area contributed by atoms with Crippen molar-refractivity contribution in [3.05, 3.63) is 47.0 Å². The van der Waals surface area contributed by atoms with Crippen LogP contribution in [0.15, 0.2) is 45.8 Å². The van der Waals surface area contributed by atoms with Gasteiger partial charge in [-0.15, -0.1) is 0 Å². The second-order valence-electron chi connectivity index (χ2n) is 6.85. The lowest BCUT2D eigenvalue weighted by molar-refractivity contribution is -0.115. The molecule has 22 heavy (non-hydrogen) atoms. The van der Waals surface area contributed by atoms with Gasteiger partial charge >= 0.3 is 0 Å². The van der Waals surface area contributed by atoms with Crippen LogP contribution in [0, 0.1) is 11.8 Å². The van der Waals surface area contributed by atoms with E-state index in [0.717, 1.165) is 37.7 Å². The molecule has 1 aromatic rings. The number of Topliss-reactive ketones (excluding diaryl/α,β-unsaturated/α-hetero) is 1. The Morgan fingerprint density at radius 1 is 1.41 bits per heavy atom. The fraction of sp³-hybridized carbons (Fsp3) is 0.550. The van der Waals surface area contributed by atoms with Gasteiger partial charge in [-0.1, -0.05) is 31.1 Å². The van der Waals surface area contributed by atoms with Crippen LogP contribution in [0.4, 0.5) is 0 Å². The molecule has 1 aromatic heterocycles. The number of hydrogen-bond acceptors (Lipinski definition) is 2. The van der Waals surface area contributed by atoms with Crippen molar-refractivity contribution in [1.82, 2.24) is 0 Å². The van der Waals surface area contributed by atoms with Gasteiger partial charge in [-0.2, -0.15) is 0 Å². The van der Waals surface area contributed by atoms with Gasteiger partial charge in [0.05, 0.1) is 12.5 Å². The van der Waals surface area contributed by atoms with E-state index in [9.17, 15) is 4.79 Å². The van der Waals surface area contributed by atoms with Gasteiger partial charge in [-0.05, 0) is 68.6 Å². The Labute approximate surface area is 134 Å². The number of ketones is 1. The molecule has 120 valence electrons. The highest BCUT2D eigenvalue weighted by Gasteiger charge is 2.30. The number of allylic oxidation sites excluding steroid dienone is 4. The fourth-order valence-corrected chi connectivity index (χ4v) is 3.30. The lowest BCUT2D eigenvalue weighted by atomic mass is 9.86. The molecule has 0 unspecified atom stereocenters. The summed E-state index contributed by atoms with van der Waals surface area (Å²) >= 11 is 0. The Bertz CT molecular complexity index is 559. The van der Waals surface area contributed by atoms with Crippen LogP contribution < -0.4 is 0 Å². The molecule has 0 saturated carbocycles. The predicted octanol–water partition coefficient (Wildman–Crippen LogP) is 5.50. The summed E-state index contributed by atoms with van der Waals surface area (Å²) in [6.07, 6.45) is 10.8. The van der Waals surface area contributed by atoms with Gasteiger partial charge in [-0.3, -0.25) is 4.79 Å². The van der Waals surface area contributed by atoms with Crippen LogP contribution in [0.2, 0.25) is 0 Å². The highest BCUT2D eigenvalue weighted by Crippen LogP contribution is 2.37. The molecule has 2 heteroatoms. The maximum Gasteiger partial charge on any atom is 0.159 e. The van der Waals surface area contributed by atoms with Crippen LogP contribution in [0.5, 0.6) is 0 Å². The molecule has 1 atom stereocenters.